The van der Waals surface area contributed by atoms with Crippen LogP contribution < -0.4 is 10.3 Å². The first kappa shape index (κ1) is 29.9. The monoisotopic (exact) mass is 603 g/mol. The van der Waals surface area contributed by atoms with E-state index in [4.69, 9.17) is 4.74 Å². The van der Waals surface area contributed by atoms with Gasteiger partial charge in [-0.15, -0.1) is 0 Å². The molecule has 1 aromatic heterocycles. The molecule has 2 aliphatic rings. The number of ether oxygens (including phenoxy) is 1. The van der Waals surface area contributed by atoms with Crippen LogP contribution in [0.4, 0.5) is 18.9 Å². The predicted octanol–water partition coefficient (Wildman–Crippen LogP) is 6.66. The average Bonchev–Trinajstić information content (AvgIpc) is 3.79. The Morgan fingerprint density at radius 2 is 1.66 bits per heavy atom. The highest BCUT2D eigenvalue weighted by Gasteiger charge is 2.42. The summed E-state index contributed by atoms with van der Waals surface area (Å²) in [6.07, 6.45) is 3.25. The number of carbonyl (C=O) groups is 1. The molecule has 0 spiro atoms. The maximum atomic E-state index is 16.4. The van der Waals surface area contributed by atoms with Crippen LogP contribution in [0.5, 0.6) is 0 Å². The maximum Gasteiger partial charge on any atom is 0.343 e. The van der Waals surface area contributed by atoms with Crippen molar-refractivity contribution in [3.63, 3.8) is 0 Å². The van der Waals surface area contributed by atoms with Gasteiger partial charge in [-0.1, -0.05) is 60.7 Å². The highest BCUT2D eigenvalue weighted by molar-refractivity contribution is 5.95. The lowest BCUT2D eigenvalue weighted by Gasteiger charge is -2.34. The molecule has 1 unspecified atom stereocenters. The van der Waals surface area contributed by atoms with E-state index in [-0.39, 0.29) is 47.9 Å². The predicted molar refractivity (Wildman–Crippen MR) is 165 cm³/mol. The molecule has 0 radical (unpaired) electrons. The molecule has 6 rings (SSSR count). The number of carbonyl (C=O) groups excluding carboxylic acids is 1. The van der Waals surface area contributed by atoms with Gasteiger partial charge in [-0.3, -0.25) is 14.1 Å². The first-order valence-electron chi connectivity index (χ1n) is 15.2. The van der Waals surface area contributed by atoms with Gasteiger partial charge < -0.3 is 14.2 Å². The molecule has 230 valence electrons. The summed E-state index contributed by atoms with van der Waals surface area (Å²) < 4.78 is 53.8. The number of anilines is 1. The summed E-state index contributed by atoms with van der Waals surface area (Å²) >= 11 is 0. The van der Waals surface area contributed by atoms with Gasteiger partial charge in [-0.25, -0.2) is 13.6 Å². The van der Waals surface area contributed by atoms with Crippen LogP contribution >= 0.6 is 0 Å². The van der Waals surface area contributed by atoms with E-state index < -0.39 is 35.1 Å². The molecule has 0 N–H and O–H groups in total. The van der Waals surface area contributed by atoms with Crippen LogP contribution in [0, 0.1) is 17.0 Å². The molecule has 1 atom stereocenters. The molecular weight excluding hydrogens is 567 g/mol. The van der Waals surface area contributed by atoms with Crippen LogP contribution in [0.25, 0.3) is 10.9 Å². The summed E-state index contributed by atoms with van der Waals surface area (Å²) in [5.41, 5.74) is 0.0430. The fourth-order valence-electron chi connectivity index (χ4n) is 6.45. The van der Waals surface area contributed by atoms with Crippen molar-refractivity contribution in [2.24, 2.45) is 5.41 Å². The van der Waals surface area contributed by atoms with Crippen LogP contribution in [-0.2, 0) is 17.8 Å². The molecule has 0 amide bonds. The van der Waals surface area contributed by atoms with Crippen LogP contribution in [0.3, 0.4) is 0 Å². The Kier molecular flexibility index (Phi) is 8.49. The van der Waals surface area contributed by atoms with E-state index in [0.717, 1.165) is 30.0 Å². The molecule has 2 heterocycles. The number of hydrogen-bond acceptors (Lipinski definition) is 5. The Morgan fingerprint density at radius 3 is 2.23 bits per heavy atom. The summed E-state index contributed by atoms with van der Waals surface area (Å²) in [5.74, 6) is -2.59. The first-order chi connectivity index (χ1) is 21.3. The van der Waals surface area contributed by atoms with Gasteiger partial charge in [0, 0.05) is 50.4 Å². The summed E-state index contributed by atoms with van der Waals surface area (Å²) in [5, 5.41) is -0.200. The topological polar surface area (TPSA) is 54.8 Å². The molecule has 2 fully saturated rings. The van der Waals surface area contributed by atoms with E-state index >= 15 is 13.2 Å². The number of benzene rings is 3. The SMILES string of the molecule is CCOC(=O)c1cn(C2CC2)c2c(F)c(N3CCC(CF)(CN(Cc4ccccc4)Cc4ccccc4)C3)c(F)cc2c1=O. The van der Waals surface area contributed by atoms with Gasteiger partial charge in [0.25, 0.3) is 0 Å². The Hall–Kier alpha value is -4.11. The lowest BCUT2D eigenvalue weighted by molar-refractivity contribution is 0.0524. The number of alkyl halides is 1. The zero-order chi connectivity index (χ0) is 30.8. The van der Waals surface area contributed by atoms with Crippen LogP contribution in [0.2, 0.25) is 0 Å². The van der Waals surface area contributed by atoms with Crippen molar-refractivity contribution in [3.8, 4) is 0 Å². The molecule has 44 heavy (non-hydrogen) atoms. The first-order valence-corrected chi connectivity index (χ1v) is 15.2. The molecule has 0 bridgehead atoms. The van der Waals surface area contributed by atoms with E-state index in [9.17, 15) is 9.59 Å². The number of aromatic nitrogens is 1. The molecule has 1 saturated heterocycles. The summed E-state index contributed by atoms with van der Waals surface area (Å²) in [6, 6.07) is 20.9. The number of pyridine rings is 1. The second-order valence-electron chi connectivity index (χ2n) is 12.1. The largest absolute Gasteiger partial charge is 0.462 e. The number of fused-ring (bicyclic) bond motifs is 1. The Morgan fingerprint density at radius 1 is 1.02 bits per heavy atom. The minimum Gasteiger partial charge on any atom is -0.462 e. The number of hydrogen-bond donors (Lipinski definition) is 0. The third kappa shape index (κ3) is 5.98. The van der Waals surface area contributed by atoms with E-state index in [1.54, 1.807) is 16.4 Å². The van der Waals surface area contributed by atoms with Gasteiger partial charge in [0.1, 0.15) is 17.1 Å². The Bertz CT molecular complexity index is 1670. The summed E-state index contributed by atoms with van der Waals surface area (Å²) in [4.78, 5) is 29.5. The minimum absolute atomic E-state index is 0.0329. The Balaban J connectivity index is 1.33. The van der Waals surface area contributed by atoms with Gasteiger partial charge >= 0.3 is 5.97 Å². The highest BCUT2D eigenvalue weighted by atomic mass is 19.1. The second kappa shape index (κ2) is 12.5. The van der Waals surface area contributed by atoms with E-state index in [2.05, 4.69) is 4.90 Å². The maximum absolute atomic E-state index is 16.4. The fraction of sp³-hybridized carbons (Fsp3) is 0.371. The molecule has 1 aliphatic carbocycles. The van der Waals surface area contributed by atoms with E-state index in [0.29, 0.717) is 26.1 Å². The van der Waals surface area contributed by atoms with Crippen LogP contribution in [-0.4, -0.2) is 48.4 Å². The molecule has 4 aromatic rings. The third-order valence-corrected chi connectivity index (χ3v) is 8.71. The van der Waals surface area contributed by atoms with Crippen molar-refractivity contribution in [1.82, 2.24) is 9.47 Å². The van der Waals surface area contributed by atoms with Gasteiger partial charge in [0.2, 0.25) is 5.43 Å². The van der Waals surface area contributed by atoms with Crippen LogP contribution in [0.15, 0.2) is 77.7 Å². The lowest BCUT2D eigenvalue weighted by atomic mass is 9.87. The minimum atomic E-state index is -0.907. The normalized spacial score (nSPS) is 18.3. The van der Waals surface area contributed by atoms with Crippen molar-refractivity contribution in [1.29, 1.82) is 0 Å². The molecular formula is C35H36F3N3O3. The third-order valence-electron chi connectivity index (χ3n) is 8.71. The average molecular weight is 604 g/mol. The molecule has 6 nitrogen and oxygen atoms in total. The molecule has 1 aliphatic heterocycles. The smallest absolute Gasteiger partial charge is 0.343 e. The van der Waals surface area contributed by atoms with Crippen LogP contribution in [0.1, 0.15) is 53.7 Å². The van der Waals surface area contributed by atoms with E-state index in [1.165, 1.54) is 6.20 Å². The number of nitrogens with zero attached hydrogens (tertiary/aromatic N) is 3. The quantitative estimate of drug-likeness (QED) is 0.180. The standard InChI is InChI=1S/C35H36F3N3O3/c1-2-44-34(43)28-20-41(26-13-14-26)31-27(33(28)42)17-29(37)32(30(31)38)40-16-15-35(21-36,23-40)22-39(18-24-9-5-3-6-10-24)19-25-11-7-4-8-12-25/h3-12,17,20,26H,2,13-16,18-19,21-23H2,1H3. The zero-order valence-corrected chi connectivity index (χ0v) is 24.8. The van der Waals surface area contributed by atoms with Crippen molar-refractivity contribution in [2.75, 3.05) is 37.8 Å². The van der Waals surface area contributed by atoms with Crippen molar-refractivity contribution >= 4 is 22.6 Å². The van der Waals surface area contributed by atoms with Gasteiger partial charge in [0.15, 0.2) is 5.82 Å². The van der Waals surface area contributed by atoms with Gasteiger partial charge in [0.05, 0.1) is 24.2 Å². The van der Waals surface area contributed by atoms with E-state index in [1.807, 2.05) is 60.7 Å². The number of rotatable bonds is 11. The number of esters is 1. The van der Waals surface area contributed by atoms with Gasteiger partial charge in [-0.2, -0.15) is 0 Å². The van der Waals surface area contributed by atoms with Crippen molar-refractivity contribution in [2.45, 2.75) is 45.3 Å². The highest BCUT2D eigenvalue weighted by Crippen LogP contribution is 2.42. The lowest BCUT2D eigenvalue weighted by Crippen LogP contribution is -2.41. The molecule has 3 aromatic carbocycles. The van der Waals surface area contributed by atoms with Crippen molar-refractivity contribution in [3.05, 3.63) is 111 Å². The second-order valence-corrected chi connectivity index (χ2v) is 12.1. The summed E-state index contributed by atoms with van der Waals surface area (Å²) in [6.45, 7) is 3.05. The molecule has 1 saturated carbocycles. The fourth-order valence-corrected chi connectivity index (χ4v) is 6.45. The zero-order valence-electron chi connectivity index (χ0n) is 24.8. The van der Waals surface area contributed by atoms with Crippen molar-refractivity contribution < 1.29 is 22.7 Å². The Labute approximate surface area is 254 Å². The van der Waals surface area contributed by atoms with Gasteiger partial charge in [-0.05, 0) is 43.4 Å². The molecule has 9 heteroatoms. The number of halogens is 3. The summed E-state index contributed by atoms with van der Waals surface area (Å²) in [7, 11) is 0.